The number of benzene rings is 1. The van der Waals surface area contributed by atoms with Crippen molar-refractivity contribution >= 4 is 17.1 Å². The summed E-state index contributed by atoms with van der Waals surface area (Å²) in [5.41, 5.74) is 2.31. The van der Waals surface area contributed by atoms with E-state index in [0.29, 0.717) is 17.5 Å². The Morgan fingerprint density at radius 1 is 1.12 bits per heavy atom. The molecule has 2 aromatic rings. The van der Waals surface area contributed by atoms with Gasteiger partial charge in [-0.2, -0.15) is 4.98 Å². The average Bonchev–Trinajstić information content (AvgIpc) is 2.93. The Morgan fingerprint density at radius 3 is 2.75 bits per heavy atom. The topological polar surface area (TPSA) is 29.3 Å². The molecule has 5 atom stereocenters. The number of aromatic nitrogens is 1. The van der Waals surface area contributed by atoms with Crippen LogP contribution in [0.25, 0.3) is 11.1 Å². The Hall–Kier alpha value is -1.51. The maximum absolute atomic E-state index is 6.19. The molecule has 2 aliphatic heterocycles. The fraction of sp³-hybridized carbons (Fsp3) is 0.667. The molecule has 3 heterocycles. The minimum absolute atomic E-state index is 0.396. The summed E-state index contributed by atoms with van der Waals surface area (Å²) >= 11 is 0. The summed E-state index contributed by atoms with van der Waals surface area (Å²) in [5, 5.41) is 0. The highest BCUT2D eigenvalue weighted by atomic mass is 16.4. The van der Waals surface area contributed by atoms with Crippen LogP contribution in [-0.2, 0) is 0 Å². The number of anilines is 1. The number of piperidine rings is 2. The highest BCUT2D eigenvalue weighted by Gasteiger charge is 2.54. The zero-order chi connectivity index (χ0) is 16.5. The van der Waals surface area contributed by atoms with Crippen LogP contribution in [0.4, 0.5) is 6.01 Å². The minimum Gasteiger partial charge on any atom is -0.423 e. The first-order valence-corrected chi connectivity index (χ1v) is 9.62. The van der Waals surface area contributed by atoms with Gasteiger partial charge in [0.05, 0.1) is 0 Å². The van der Waals surface area contributed by atoms with Crippen LogP contribution in [0.15, 0.2) is 28.7 Å². The standard InChI is InChI=1S/C21H28N2O/c1-21(2,3)12-16-14-8-13-9-15(11-14)23(18(16)10-13)20-22-17-6-4-5-7-19(17)24-20/h4-7,13-16,18H,8-12H2,1-3H3. The number of hydrogen-bond acceptors (Lipinski definition) is 3. The van der Waals surface area contributed by atoms with Crippen molar-refractivity contribution in [2.24, 2.45) is 23.2 Å². The summed E-state index contributed by atoms with van der Waals surface area (Å²) in [4.78, 5) is 7.43. The summed E-state index contributed by atoms with van der Waals surface area (Å²) in [5.74, 6) is 2.66. The normalized spacial score (nSPS) is 35.1. The molecule has 6 rings (SSSR count). The molecule has 4 aliphatic rings. The average molecular weight is 324 g/mol. The van der Waals surface area contributed by atoms with Gasteiger partial charge >= 0.3 is 0 Å². The molecule has 2 aliphatic carbocycles. The number of oxazole rings is 1. The Labute approximate surface area is 144 Å². The van der Waals surface area contributed by atoms with E-state index in [0.717, 1.165) is 34.9 Å². The molecule has 0 amide bonds. The van der Waals surface area contributed by atoms with Crippen molar-refractivity contribution in [3.8, 4) is 0 Å². The van der Waals surface area contributed by atoms with Gasteiger partial charge in [0.1, 0.15) is 5.52 Å². The highest BCUT2D eigenvalue weighted by molar-refractivity contribution is 5.74. The lowest BCUT2D eigenvalue weighted by molar-refractivity contribution is 0.00761. The molecule has 1 aromatic carbocycles. The summed E-state index contributed by atoms with van der Waals surface area (Å²) < 4.78 is 6.19. The lowest BCUT2D eigenvalue weighted by Gasteiger charge is -2.60. The summed E-state index contributed by atoms with van der Waals surface area (Å²) in [7, 11) is 0. The van der Waals surface area contributed by atoms with Gasteiger partial charge in [-0.3, -0.25) is 0 Å². The summed E-state index contributed by atoms with van der Waals surface area (Å²) in [6.07, 6.45) is 6.81. The van der Waals surface area contributed by atoms with E-state index in [1.165, 1.54) is 32.1 Å². The van der Waals surface area contributed by atoms with E-state index in [9.17, 15) is 0 Å². The van der Waals surface area contributed by atoms with E-state index >= 15 is 0 Å². The van der Waals surface area contributed by atoms with Gasteiger partial charge < -0.3 is 9.32 Å². The van der Waals surface area contributed by atoms with E-state index in [2.05, 4.69) is 31.7 Å². The van der Waals surface area contributed by atoms with Crippen LogP contribution < -0.4 is 4.90 Å². The molecule has 3 nitrogen and oxygen atoms in total. The third kappa shape index (κ3) is 2.28. The van der Waals surface area contributed by atoms with Gasteiger partial charge in [-0.25, -0.2) is 0 Å². The van der Waals surface area contributed by atoms with Gasteiger partial charge in [0, 0.05) is 12.1 Å². The monoisotopic (exact) mass is 324 g/mol. The SMILES string of the molecule is CC(C)(C)CC1C2CC3CC(C2)N(c2nc4ccccc4o2)C1C3. The van der Waals surface area contributed by atoms with E-state index < -0.39 is 0 Å². The van der Waals surface area contributed by atoms with Crippen molar-refractivity contribution in [3.05, 3.63) is 24.3 Å². The van der Waals surface area contributed by atoms with Gasteiger partial charge in [-0.15, -0.1) is 0 Å². The highest BCUT2D eigenvalue weighted by Crippen LogP contribution is 2.55. The number of hydrogen-bond donors (Lipinski definition) is 0. The molecule has 3 heteroatoms. The van der Waals surface area contributed by atoms with Crippen LogP contribution in [0, 0.1) is 23.2 Å². The number of nitrogens with zero attached hydrogens (tertiary/aromatic N) is 2. The van der Waals surface area contributed by atoms with Crippen molar-refractivity contribution in [2.75, 3.05) is 4.90 Å². The van der Waals surface area contributed by atoms with Crippen LogP contribution >= 0.6 is 0 Å². The zero-order valence-corrected chi connectivity index (χ0v) is 15.0. The lowest BCUT2D eigenvalue weighted by Crippen LogP contribution is -2.63. The Balaban J connectivity index is 1.53. The second-order valence-electron chi connectivity index (χ2n) is 9.59. The number of para-hydroxylation sites is 2. The third-order valence-corrected chi connectivity index (χ3v) is 6.59. The van der Waals surface area contributed by atoms with E-state index in [1.807, 2.05) is 18.2 Å². The van der Waals surface area contributed by atoms with Gasteiger partial charge in [0.25, 0.3) is 6.01 Å². The van der Waals surface area contributed by atoms with Crippen LogP contribution in [0.3, 0.4) is 0 Å². The quantitative estimate of drug-likeness (QED) is 0.755. The van der Waals surface area contributed by atoms with Crippen LogP contribution in [0.5, 0.6) is 0 Å². The van der Waals surface area contributed by atoms with Gasteiger partial charge in [-0.05, 0) is 67.4 Å². The maximum Gasteiger partial charge on any atom is 0.298 e. The molecule has 0 radical (unpaired) electrons. The predicted octanol–water partition coefficient (Wildman–Crippen LogP) is 5.26. The third-order valence-electron chi connectivity index (χ3n) is 6.59. The number of rotatable bonds is 2. The first kappa shape index (κ1) is 14.8. The molecule has 0 spiro atoms. The van der Waals surface area contributed by atoms with Gasteiger partial charge in [0.15, 0.2) is 5.58 Å². The minimum atomic E-state index is 0.396. The second-order valence-corrected chi connectivity index (χ2v) is 9.59. The van der Waals surface area contributed by atoms with Crippen LogP contribution in [-0.4, -0.2) is 17.1 Å². The molecular weight excluding hydrogens is 296 g/mol. The Bertz CT molecular complexity index is 726. The number of fused-ring (bicyclic) bond motifs is 1. The predicted molar refractivity (Wildman–Crippen MR) is 97.1 cm³/mol. The van der Waals surface area contributed by atoms with Crippen molar-refractivity contribution in [3.63, 3.8) is 0 Å². The van der Waals surface area contributed by atoms with E-state index in [4.69, 9.17) is 9.40 Å². The fourth-order valence-electron chi connectivity index (χ4n) is 5.92. The Morgan fingerprint density at radius 2 is 1.96 bits per heavy atom. The molecule has 1 aromatic heterocycles. The smallest absolute Gasteiger partial charge is 0.298 e. The lowest BCUT2D eigenvalue weighted by atomic mass is 9.56. The molecule has 2 saturated heterocycles. The largest absolute Gasteiger partial charge is 0.423 e. The molecule has 24 heavy (non-hydrogen) atoms. The molecule has 2 saturated carbocycles. The van der Waals surface area contributed by atoms with Gasteiger partial charge in [-0.1, -0.05) is 32.9 Å². The van der Waals surface area contributed by atoms with Crippen molar-refractivity contribution in [1.29, 1.82) is 0 Å². The van der Waals surface area contributed by atoms with Crippen LogP contribution in [0.1, 0.15) is 52.9 Å². The molecular formula is C21H28N2O. The maximum atomic E-state index is 6.19. The first-order chi connectivity index (χ1) is 11.5. The summed E-state index contributed by atoms with van der Waals surface area (Å²) in [6, 6.07) is 10.3. The van der Waals surface area contributed by atoms with E-state index in [-0.39, 0.29) is 0 Å². The van der Waals surface area contributed by atoms with Gasteiger partial charge in [0.2, 0.25) is 0 Å². The summed E-state index contributed by atoms with van der Waals surface area (Å²) in [6.45, 7) is 7.17. The van der Waals surface area contributed by atoms with Crippen molar-refractivity contribution in [2.45, 2.75) is 65.0 Å². The molecule has 4 bridgehead atoms. The van der Waals surface area contributed by atoms with E-state index in [1.54, 1.807) is 0 Å². The molecule has 4 fully saturated rings. The molecule has 128 valence electrons. The molecule has 5 unspecified atom stereocenters. The first-order valence-electron chi connectivity index (χ1n) is 9.62. The second kappa shape index (κ2) is 5.00. The zero-order valence-electron chi connectivity index (χ0n) is 15.0. The van der Waals surface area contributed by atoms with Crippen molar-refractivity contribution < 1.29 is 4.42 Å². The molecule has 0 N–H and O–H groups in total. The Kier molecular flexibility index (Phi) is 3.08. The van der Waals surface area contributed by atoms with Crippen LogP contribution in [0.2, 0.25) is 0 Å². The van der Waals surface area contributed by atoms with Crippen molar-refractivity contribution in [1.82, 2.24) is 4.98 Å². The fourth-order valence-corrected chi connectivity index (χ4v) is 5.92.